The van der Waals surface area contributed by atoms with Crippen LogP contribution in [0.25, 0.3) is 10.9 Å². The van der Waals surface area contributed by atoms with E-state index in [1.54, 1.807) is 49.3 Å². The van der Waals surface area contributed by atoms with Crippen LogP contribution in [0.15, 0.2) is 46.8 Å². The average molecular weight is 481 g/mol. The van der Waals surface area contributed by atoms with E-state index in [0.29, 0.717) is 20.8 Å². The fourth-order valence-electron chi connectivity index (χ4n) is 3.88. The number of nitrogens with zero attached hydrogens (tertiary/aromatic N) is 3. The van der Waals surface area contributed by atoms with Crippen molar-refractivity contribution in [2.75, 3.05) is 40.3 Å². The molecule has 1 aromatic carbocycles. The number of fused-ring (bicyclic) bond motifs is 1. The highest BCUT2D eigenvalue weighted by Gasteiger charge is 2.52. The van der Waals surface area contributed by atoms with Crippen LogP contribution in [0, 0.1) is 5.41 Å². The summed E-state index contributed by atoms with van der Waals surface area (Å²) < 4.78 is 27.1. The van der Waals surface area contributed by atoms with Gasteiger partial charge in [0.1, 0.15) is 13.1 Å². The second-order valence-corrected chi connectivity index (χ2v) is 11.1. The highest BCUT2D eigenvalue weighted by Crippen LogP contribution is 2.31. The van der Waals surface area contributed by atoms with Gasteiger partial charge in [0, 0.05) is 30.0 Å². The minimum atomic E-state index is -4.01. The molecule has 0 unspecified atom stereocenters. The topological polar surface area (TPSA) is 97.3 Å². The molecule has 8 nitrogen and oxygen atoms in total. The van der Waals surface area contributed by atoms with Gasteiger partial charge in [0.25, 0.3) is 5.91 Å². The maximum atomic E-state index is 13.9. The van der Waals surface area contributed by atoms with E-state index < -0.39 is 13.9 Å². The Balaban J connectivity index is 1.71. The minimum Gasteiger partial charge on any atom is -0.341 e. The smallest absolute Gasteiger partial charge is 0.341 e. The molecule has 1 amide bonds. The fourth-order valence-corrected chi connectivity index (χ4v) is 6.68. The van der Waals surface area contributed by atoms with Crippen LogP contribution in [-0.4, -0.2) is 79.2 Å². The average Bonchev–Trinajstić information content (AvgIpc) is 3.42. The number of carbonyl (C=O) groups is 1. The predicted octanol–water partition coefficient (Wildman–Crippen LogP) is 3.04. The van der Waals surface area contributed by atoms with E-state index in [9.17, 15) is 13.2 Å². The number of thiophene rings is 1. The summed E-state index contributed by atoms with van der Waals surface area (Å²) in [4.78, 5) is 19.5. The molecule has 0 radical (unpaired) electrons. The van der Waals surface area contributed by atoms with Crippen molar-refractivity contribution in [1.29, 1.82) is 5.41 Å². The number of guanidine groups is 1. The second kappa shape index (κ2) is 7.94. The van der Waals surface area contributed by atoms with Gasteiger partial charge >= 0.3 is 16.0 Å². The molecule has 4 rings (SSSR count). The zero-order valence-electron chi connectivity index (χ0n) is 17.1. The van der Waals surface area contributed by atoms with Gasteiger partial charge in [0.05, 0.1) is 18.0 Å². The van der Waals surface area contributed by atoms with Crippen LogP contribution in [0.3, 0.4) is 0 Å². The van der Waals surface area contributed by atoms with Crippen LogP contribution in [-0.2, 0) is 10.0 Å². The number of quaternary nitrogens is 1. The van der Waals surface area contributed by atoms with Crippen LogP contribution < -0.4 is 0 Å². The van der Waals surface area contributed by atoms with Gasteiger partial charge in [-0.15, -0.1) is 15.2 Å². The van der Waals surface area contributed by atoms with Gasteiger partial charge in [-0.2, -0.15) is 8.42 Å². The number of nitrogens with one attached hydrogen (secondary N) is 2. The van der Waals surface area contributed by atoms with Crippen LogP contribution >= 0.6 is 22.9 Å². The van der Waals surface area contributed by atoms with E-state index >= 15 is 0 Å². The van der Waals surface area contributed by atoms with E-state index in [1.165, 1.54) is 16.2 Å². The number of H-pyrrole nitrogens is 1. The molecule has 1 aliphatic heterocycles. The van der Waals surface area contributed by atoms with Crippen molar-refractivity contribution in [1.82, 2.24) is 14.8 Å². The number of sulfonamides is 1. The number of benzene rings is 1. The lowest BCUT2D eigenvalue weighted by molar-refractivity contribution is -0.724. The predicted molar refractivity (Wildman–Crippen MR) is 122 cm³/mol. The number of aromatic amines is 1. The summed E-state index contributed by atoms with van der Waals surface area (Å²) >= 11 is 7.41. The van der Waals surface area contributed by atoms with Crippen molar-refractivity contribution >= 4 is 55.7 Å². The molecular formula is C20H23ClN5O3S2+. The largest absolute Gasteiger partial charge is 0.350 e. The summed E-state index contributed by atoms with van der Waals surface area (Å²) in [5.74, 6) is -0.151. The third-order valence-electron chi connectivity index (χ3n) is 5.59. The van der Waals surface area contributed by atoms with Gasteiger partial charge in [0.2, 0.25) is 0 Å². The lowest BCUT2D eigenvalue weighted by Crippen LogP contribution is -2.68. The first-order valence-corrected chi connectivity index (χ1v) is 12.4. The normalized spacial score (nSPS) is 16.4. The van der Waals surface area contributed by atoms with Crippen LogP contribution in [0.1, 0.15) is 9.67 Å². The summed E-state index contributed by atoms with van der Waals surface area (Å²) in [6.45, 7) is 0.648. The fraction of sp³-hybridized carbons (Fsp3) is 0.300. The van der Waals surface area contributed by atoms with E-state index in [1.807, 2.05) is 11.4 Å². The van der Waals surface area contributed by atoms with Gasteiger partial charge in [-0.25, -0.2) is 5.41 Å². The quantitative estimate of drug-likeness (QED) is 0.342. The SMILES string of the molecule is CN(C)C(=N)[N+]1(S(=O)(=O)c2cc3cc(Cl)ccc3[nH]2)CCN(C(=O)c2cccs2)CC1. The van der Waals surface area contributed by atoms with Crippen LogP contribution in [0.2, 0.25) is 5.02 Å². The molecule has 1 aliphatic rings. The number of halogens is 1. The first-order chi connectivity index (χ1) is 14.7. The zero-order valence-corrected chi connectivity index (χ0v) is 19.5. The van der Waals surface area contributed by atoms with Gasteiger partial charge < -0.3 is 14.8 Å². The number of rotatable bonds is 3. The molecule has 3 aromatic rings. The van der Waals surface area contributed by atoms with Gasteiger partial charge in [-0.3, -0.25) is 4.79 Å². The van der Waals surface area contributed by atoms with Crippen LogP contribution in [0.5, 0.6) is 0 Å². The van der Waals surface area contributed by atoms with E-state index in [4.69, 9.17) is 17.0 Å². The Kier molecular flexibility index (Phi) is 5.59. The molecular weight excluding hydrogens is 458 g/mol. The highest BCUT2D eigenvalue weighted by atomic mass is 35.5. The number of aromatic nitrogens is 1. The molecule has 1 fully saturated rings. The molecule has 3 heterocycles. The monoisotopic (exact) mass is 480 g/mol. The van der Waals surface area contributed by atoms with E-state index in [2.05, 4.69) is 4.98 Å². The third kappa shape index (κ3) is 3.63. The molecule has 2 N–H and O–H groups in total. The Hall–Kier alpha value is -2.40. The van der Waals surface area contributed by atoms with Crippen molar-refractivity contribution in [3.63, 3.8) is 0 Å². The van der Waals surface area contributed by atoms with Crippen molar-refractivity contribution < 1.29 is 17.1 Å². The first kappa shape index (κ1) is 21.8. The lowest BCUT2D eigenvalue weighted by Gasteiger charge is -2.42. The molecule has 164 valence electrons. The molecule has 2 aromatic heterocycles. The van der Waals surface area contributed by atoms with Gasteiger partial charge in [-0.1, -0.05) is 17.7 Å². The number of carbonyl (C=O) groups excluding carboxylic acids is 1. The molecule has 31 heavy (non-hydrogen) atoms. The summed E-state index contributed by atoms with van der Waals surface area (Å²) in [6.07, 6.45) is 0. The molecule has 11 heteroatoms. The van der Waals surface area contributed by atoms with Crippen molar-refractivity contribution in [2.45, 2.75) is 5.03 Å². The Morgan fingerprint density at radius 1 is 1.23 bits per heavy atom. The second-order valence-electron chi connectivity index (χ2n) is 7.66. The van der Waals surface area contributed by atoms with E-state index in [0.717, 1.165) is 0 Å². The summed E-state index contributed by atoms with van der Waals surface area (Å²) in [7, 11) is -0.691. The summed E-state index contributed by atoms with van der Waals surface area (Å²) in [5.41, 5.74) is 0.656. The van der Waals surface area contributed by atoms with E-state index in [-0.39, 0.29) is 43.1 Å². The molecule has 0 spiro atoms. The maximum absolute atomic E-state index is 13.9. The van der Waals surface area contributed by atoms with Gasteiger partial charge in [0.15, 0.2) is 5.03 Å². The molecule has 0 aliphatic carbocycles. The number of piperazine rings is 1. The number of amides is 1. The number of hydrogen-bond acceptors (Lipinski definition) is 5. The Labute approximate surface area is 189 Å². The Morgan fingerprint density at radius 3 is 2.55 bits per heavy atom. The first-order valence-electron chi connectivity index (χ1n) is 9.65. The highest BCUT2D eigenvalue weighted by molar-refractivity contribution is 7.86. The minimum absolute atomic E-state index is 0.0365. The molecule has 0 saturated carbocycles. The lowest BCUT2D eigenvalue weighted by atomic mass is 10.2. The number of hydrogen-bond donors (Lipinski definition) is 2. The van der Waals surface area contributed by atoms with Crippen molar-refractivity contribution in [3.05, 3.63) is 51.7 Å². The van der Waals surface area contributed by atoms with Crippen LogP contribution in [0.4, 0.5) is 0 Å². The zero-order chi connectivity index (χ0) is 22.4. The summed E-state index contributed by atoms with van der Waals surface area (Å²) in [6, 6.07) is 10.3. The summed E-state index contributed by atoms with van der Waals surface area (Å²) in [5, 5.41) is 11.7. The molecule has 1 saturated heterocycles. The Morgan fingerprint density at radius 2 is 1.94 bits per heavy atom. The van der Waals surface area contributed by atoms with Crippen molar-refractivity contribution in [2.24, 2.45) is 0 Å². The Bertz CT molecular complexity index is 1240. The standard InChI is InChI=1S/C20H23ClN5O3S2/c1-24(2)20(22)26(9-7-25(8-10-26)19(27)17-4-3-11-30-17)31(28,29)18-13-14-12-15(21)5-6-16(14)23-18/h3-6,11-13,22-23H,7-10H2,1-2H3/q+1. The molecule has 0 bridgehead atoms. The third-order valence-corrected chi connectivity index (χ3v) is 8.91. The van der Waals surface area contributed by atoms with Gasteiger partial charge in [-0.05, 0) is 35.7 Å². The molecule has 0 atom stereocenters. The maximum Gasteiger partial charge on any atom is 0.350 e. The van der Waals surface area contributed by atoms with Crippen molar-refractivity contribution in [3.8, 4) is 0 Å².